The molecule has 1 unspecified atom stereocenters. The number of methoxy groups -OCH3 is 1. The summed E-state index contributed by atoms with van der Waals surface area (Å²) in [7, 11) is 1.81. The largest absolute Gasteiger partial charge is 0.381 e. The Morgan fingerprint density at radius 3 is 2.95 bits per heavy atom. The lowest BCUT2D eigenvalue weighted by atomic mass is 9.93. The lowest BCUT2D eigenvalue weighted by molar-refractivity contribution is -0.0886. The number of halogens is 1. The maximum Gasteiger partial charge on any atom is 0.0846 e. The summed E-state index contributed by atoms with van der Waals surface area (Å²) in [4.78, 5) is 0. The molecule has 1 heterocycles. The highest BCUT2D eigenvalue weighted by Crippen LogP contribution is 2.34. The quantitative estimate of drug-likeness (QED) is 0.926. The van der Waals surface area contributed by atoms with Gasteiger partial charge in [0, 0.05) is 50.8 Å². The van der Waals surface area contributed by atoms with E-state index in [1.165, 1.54) is 11.1 Å². The van der Waals surface area contributed by atoms with Crippen LogP contribution in [-0.2, 0) is 15.9 Å². The van der Waals surface area contributed by atoms with Crippen molar-refractivity contribution in [2.45, 2.75) is 37.3 Å². The van der Waals surface area contributed by atoms with Crippen LogP contribution in [0.1, 0.15) is 36.4 Å². The van der Waals surface area contributed by atoms with Crippen LogP contribution >= 0.6 is 11.6 Å². The summed E-state index contributed by atoms with van der Waals surface area (Å²) in [6.07, 6.45) is 4.19. The fraction of sp³-hybridized carbons (Fsp3) is 0.625. The molecule has 1 saturated heterocycles. The molecule has 0 aromatic heterocycles. The van der Waals surface area contributed by atoms with Crippen LogP contribution in [0.15, 0.2) is 18.2 Å². The van der Waals surface area contributed by atoms with Gasteiger partial charge in [0.05, 0.1) is 5.60 Å². The molecule has 4 heteroatoms. The van der Waals surface area contributed by atoms with Gasteiger partial charge in [-0.1, -0.05) is 17.7 Å². The Labute approximate surface area is 125 Å². The third-order valence-corrected chi connectivity index (χ3v) is 4.93. The van der Waals surface area contributed by atoms with Gasteiger partial charge in [-0.25, -0.2) is 0 Å². The molecule has 1 atom stereocenters. The third kappa shape index (κ3) is 2.86. The summed E-state index contributed by atoms with van der Waals surface area (Å²) in [5, 5.41) is 4.53. The molecule has 0 radical (unpaired) electrons. The molecule has 20 heavy (non-hydrogen) atoms. The first-order valence-corrected chi connectivity index (χ1v) is 7.75. The highest BCUT2D eigenvalue weighted by Gasteiger charge is 2.34. The first-order chi connectivity index (χ1) is 9.72. The summed E-state index contributed by atoms with van der Waals surface area (Å²) in [5.41, 5.74) is 2.72. The summed E-state index contributed by atoms with van der Waals surface area (Å²) in [6.45, 7) is 2.48. The average molecular weight is 296 g/mol. The van der Waals surface area contributed by atoms with Gasteiger partial charge in [-0.2, -0.15) is 0 Å². The van der Waals surface area contributed by atoms with Crippen LogP contribution < -0.4 is 5.32 Å². The maximum atomic E-state index is 6.06. The van der Waals surface area contributed by atoms with E-state index in [-0.39, 0.29) is 5.60 Å². The van der Waals surface area contributed by atoms with E-state index in [2.05, 4.69) is 17.4 Å². The number of rotatable bonds is 4. The van der Waals surface area contributed by atoms with E-state index >= 15 is 0 Å². The van der Waals surface area contributed by atoms with Crippen molar-refractivity contribution in [2.24, 2.45) is 0 Å². The third-order valence-electron chi connectivity index (χ3n) is 4.69. The Morgan fingerprint density at radius 1 is 1.40 bits per heavy atom. The molecule has 0 spiro atoms. The Bertz CT molecular complexity index is 472. The van der Waals surface area contributed by atoms with Crippen LogP contribution in [0.4, 0.5) is 0 Å². The van der Waals surface area contributed by atoms with E-state index in [4.69, 9.17) is 21.1 Å². The van der Waals surface area contributed by atoms with Crippen molar-refractivity contribution in [3.63, 3.8) is 0 Å². The summed E-state index contributed by atoms with van der Waals surface area (Å²) in [5.74, 6) is 0. The molecule has 3 nitrogen and oxygen atoms in total. The minimum atomic E-state index is -0.0621. The van der Waals surface area contributed by atoms with Gasteiger partial charge in [0.25, 0.3) is 0 Å². The molecule has 2 aliphatic rings. The van der Waals surface area contributed by atoms with E-state index in [0.29, 0.717) is 6.04 Å². The van der Waals surface area contributed by atoms with Gasteiger partial charge in [-0.05, 0) is 36.1 Å². The topological polar surface area (TPSA) is 30.5 Å². The number of hydrogen-bond acceptors (Lipinski definition) is 3. The van der Waals surface area contributed by atoms with Gasteiger partial charge in [0.1, 0.15) is 0 Å². The maximum absolute atomic E-state index is 6.06. The highest BCUT2D eigenvalue weighted by molar-refractivity contribution is 6.30. The van der Waals surface area contributed by atoms with Gasteiger partial charge in [-0.3, -0.25) is 0 Å². The lowest BCUT2D eigenvalue weighted by Crippen LogP contribution is -2.47. The van der Waals surface area contributed by atoms with E-state index in [9.17, 15) is 0 Å². The first kappa shape index (κ1) is 14.3. The second-order valence-corrected chi connectivity index (χ2v) is 6.25. The minimum Gasteiger partial charge on any atom is -0.381 e. The van der Waals surface area contributed by atoms with Crippen molar-refractivity contribution >= 4 is 11.6 Å². The zero-order valence-corrected chi connectivity index (χ0v) is 12.7. The standard InChI is InChI=1S/C16H22ClNO2/c1-19-16(6-8-20-9-7-16)11-18-15-5-2-12-10-13(17)3-4-14(12)15/h3-4,10,15,18H,2,5-9,11H2,1H3. The molecule has 1 aliphatic carbocycles. The monoisotopic (exact) mass is 295 g/mol. The average Bonchev–Trinajstić information content (AvgIpc) is 2.88. The zero-order chi connectivity index (χ0) is 14.0. The SMILES string of the molecule is COC1(CNC2CCc3cc(Cl)ccc32)CCOCC1. The van der Waals surface area contributed by atoms with Crippen LogP contribution in [0, 0.1) is 0 Å². The molecular weight excluding hydrogens is 274 g/mol. The van der Waals surface area contributed by atoms with Gasteiger partial charge in [0.2, 0.25) is 0 Å². The van der Waals surface area contributed by atoms with Gasteiger partial charge < -0.3 is 14.8 Å². The first-order valence-electron chi connectivity index (χ1n) is 7.37. The normalized spacial score (nSPS) is 24.6. The number of fused-ring (bicyclic) bond motifs is 1. The molecule has 1 aromatic rings. The van der Waals surface area contributed by atoms with Crippen LogP contribution in [0.2, 0.25) is 5.02 Å². The molecule has 1 aromatic carbocycles. The predicted octanol–water partition coefficient (Wildman–Crippen LogP) is 3.11. The number of ether oxygens (including phenoxy) is 2. The second kappa shape index (κ2) is 6.02. The zero-order valence-electron chi connectivity index (χ0n) is 12.0. The van der Waals surface area contributed by atoms with Crippen LogP contribution in [0.5, 0.6) is 0 Å². The van der Waals surface area contributed by atoms with Crippen LogP contribution in [0.3, 0.4) is 0 Å². The number of aryl methyl sites for hydroxylation is 1. The lowest BCUT2D eigenvalue weighted by Gasteiger charge is -2.37. The van der Waals surface area contributed by atoms with E-state index in [0.717, 1.165) is 50.5 Å². The summed E-state index contributed by atoms with van der Waals surface area (Å²) in [6, 6.07) is 6.67. The molecule has 0 amide bonds. The molecule has 1 aliphatic heterocycles. The summed E-state index contributed by atoms with van der Waals surface area (Å²) >= 11 is 6.06. The van der Waals surface area contributed by atoms with Crippen molar-refractivity contribution in [3.8, 4) is 0 Å². The smallest absolute Gasteiger partial charge is 0.0846 e. The van der Waals surface area contributed by atoms with Crippen molar-refractivity contribution in [1.29, 1.82) is 0 Å². The predicted molar refractivity (Wildman–Crippen MR) is 80.3 cm³/mol. The van der Waals surface area contributed by atoms with Crippen molar-refractivity contribution in [1.82, 2.24) is 5.32 Å². The Hall–Kier alpha value is -0.610. The van der Waals surface area contributed by atoms with Crippen molar-refractivity contribution < 1.29 is 9.47 Å². The van der Waals surface area contributed by atoms with Gasteiger partial charge >= 0.3 is 0 Å². The highest BCUT2D eigenvalue weighted by atomic mass is 35.5. The molecule has 3 rings (SSSR count). The fourth-order valence-electron chi connectivity index (χ4n) is 3.30. The van der Waals surface area contributed by atoms with Crippen LogP contribution in [0.25, 0.3) is 0 Å². The Balaban J connectivity index is 1.65. The molecule has 1 fully saturated rings. The van der Waals surface area contributed by atoms with E-state index < -0.39 is 0 Å². The van der Waals surface area contributed by atoms with E-state index in [1.54, 1.807) is 0 Å². The van der Waals surface area contributed by atoms with Gasteiger partial charge in [0.15, 0.2) is 0 Å². The van der Waals surface area contributed by atoms with E-state index in [1.807, 2.05) is 13.2 Å². The molecule has 0 saturated carbocycles. The van der Waals surface area contributed by atoms with Gasteiger partial charge in [-0.15, -0.1) is 0 Å². The Kier molecular flexibility index (Phi) is 4.32. The molecular formula is C16H22ClNO2. The van der Waals surface area contributed by atoms with Crippen molar-refractivity contribution in [2.75, 3.05) is 26.9 Å². The molecule has 0 bridgehead atoms. The number of hydrogen-bond donors (Lipinski definition) is 1. The number of nitrogens with one attached hydrogen (secondary N) is 1. The number of benzene rings is 1. The molecule has 1 N–H and O–H groups in total. The summed E-state index contributed by atoms with van der Waals surface area (Å²) < 4.78 is 11.2. The van der Waals surface area contributed by atoms with Crippen LogP contribution in [-0.4, -0.2) is 32.5 Å². The second-order valence-electron chi connectivity index (χ2n) is 5.81. The van der Waals surface area contributed by atoms with Crippen molar-refractivity contribution in [3.05, 3.63) is 34.3 Å². The fourth-order valence-corrected chi connectivity index (χ4v) is 3.50. The Morgan fingerprint density at radius 2 is 2.20 bits per heavy atom. The molecule has 110 valence electrons. The minimum absolute atomic E-state index is 0.0621.